The second-order valence-electron chi connectivity index (χ2n) is 7.30. The van der Waals surface area contributed by atoms with Gasteiger partial charge < -0.3 is 10.2 Å². The minimum Gasteiger partial charge on any atom is -0.332 e. The number of anilines is 1. The number of carbonyl (C=O) groups excluding carboxylic acids is 2. The number of hydrogen-bond acceptors (Lipinski definition) is 3. The minimum atomic E-state index is -0.412. The smallest absolute Gasteiger partial charge is 0.254 e. The van der Waals surface area contributed by atoms with Gasteiger partial charge in [0.15, 0.2) is 0 Å². The maximum atomic E-state index is 13.3. The lowest BCUT2D eigenvalue weighted by molar-refractivity contribution is -0.116. The zero-order chi connectivity index (χ0) is 22.7. The number of rotatable bonds is 5. The average molecular weight is 431 g/mol. The van der Waals surface area contributed by atoms with Gasteiger partial charge in [-0.15, -0.1) is 0 Å². The maximum Gasteiger partial charge on any atom is 0.254 e. The number of benzene rings is 3. The Morgan fingerprint density at radius 1 is 0.906 bits per heavy atom. The number of pyridine rings is 1. The van der Waals surface area contributed by atoms with Crippen molar-refractivity contribution in [2.75, 3.05) is 18.9 Å². The predicted octanol–water partition coefficient (Wildman–Crippen LogP) is 4.89. The van der Waals surface area contributed by atoms with E-state index in [1.807, 2.05) is 6.07 Å². The molecular formula is C25H19F2N3O2. The normalized spacial score (nSPS) is 10.7. The number of carbonyl (C=O) groups is 2. The monoisotopic (exact) mass is 431 g/mol. The lowest BCUT2D eigenvalue weighted by Crippen LogP contribution is -2.35. The van der Waals surface area contributed by atoms with E-state index in [1.54, 1.807) is 36.4 Å². The third kappa shape index (κ3) is 4.62. The van der Waals surface area contributed by atoms with Crippen LogP contribution in [0.25, 0.3) is 22.2 Å². The molecule has 0 aliphatic rings. The molecule has 0 unspecified atom stereocenters. The van der Waals surface area contributed by atoms with Gasteiger partial charge in [-0.25, -0.2) is 13.8 Å². The summed E-state index contributed by atoms with van der Waals surface area (Å²) < 4.78 is 26.4. The molecule has 1 aromatic heterocycles. The Morgan fingerprint density at radius 3 is 2.22 bits per heavy atom. The van der Waals surface area contributed by atoms with E-state index in [2.05, 4.69) is 10.3 Å². The Bertz CT molecular complexity index is 1290. The maximum absolute atomic E-state index is 13.3. The highest BCUT2D eigenvalue weighted by Crippen LogP contribution is 2.26. The van der Waals surface area contributed by atoms with Gasteiger partial charge in [-0.2, -0.15) is 0 Å². The molecule has 0 atom stereocenters. The first kappa shape index (κ1) is 21.1. The van der Waals surface area contributed by atoms with E-state index in [9.17, 15) is 18.4 Å². The first-order valence-corrected chi connectivity index (χ1v) is 9.87. The van der Waals surface area contributed by atoms with Crippen molar-refractivity contribution in [1.82, 2.24) is 9.88 Å². The van der Waals surface area contributed by atoms with E-state index in [-0.39, 0.29) is 18.3 Å². The highest BCUT2D eigenvalue weighted by atomic mass is 19.1. The molecule has 5 nitrogen and oxygen atoms in total. The van der Waals surface area contributed by atoms with Gasteiger partial charge >= 0.3 is 0 Å². The summed E-state index contributed by atoms with van der Waals surface area (Å²) in [5.74, 6) is -1.54. The van der Waals surface area contributed by atoms with Crippen LogP contribution in [0.15, 0.2) is 78.9 Å². The number of likely N-dealkylation sites (N-methyl/N-ethyl adjacent to an activating group) is 1. The Labute approximate surface area is 183 Å². The first-order valence-electron chi connectivity index (χ1n) is 9.87. The molecule has 160 valence electrons. The Hall–Kier alpha value is -4.13. The highest BCUT2D eigenvalue weighted by molar-refractivity contribution is 6.08. The van der Waals surface area contributed by atoms with Crippen LogP contribution in [0.4, 0.5) is 14.5 Å². The first-order chi connectivity index (χ1) is 15.4. The molecule has 0 saturated heterocycles. The van der Waals surface area contributed by atoms with Crippen LogP contribution in [0.3, 0.4) is 0 Å². The van der Waals surface area contributed by atoms with E-state index >= 15 is 0 Å². The summed E-state index contributed by atoms with van der Waals surface area (Å²) in [6.07, 6.45) is 0. The van der Waals surface area contributed by atoms with Gasteiger partial charge in [0.1, 0.15) is 11.6 Å². The second-order valence-corrected chi connectivity index (χ2v) is 7.30. The van der Waals surface area contributed by atoms with Crippen molar-refractivity contribution < 1.29 is 18.4 Å². The average Bonchev–Trinajstić information content (AvgIpc) is 2.79. The molecule has 4 rings (SSSR count). The van der Waals surface area contributed by atoms with E-state index in [0.29, 0.717) is 33.4 Å². The number of nitrogens with zero attached hydrogens (tertiary/aromatic N) is 2. The van der Waals surface area contributed by atoms with Gasteiger partial charge in [-0.3, -0.25) is 9.59 Å². The van der Waals surface area contributed by atoms with Crippen LogP contribution in [0, 0.1) is 11.6 Å². The molecule has 0 aliphatic carbocycles. The summed E-state index contributed by atoms with van der Waals surface area (Å²) in [7, 11) is 1.53. The molecule has 0 bridgehead atoms. The van der Waals surface area contributed by atoms with E-state index < -0.39 is 11.7 Å². The molecule has 7 heteroatoms. The highest BCUT2D eigenvalue weighted by Gasteiger charge is 2.19. The molecule has 1 heterocycles. The Morgan fingerprint density at radius 2 is 1.53 bits per heavy atom. The van der Waals surface area contributed by atoms with Crippen LogP contribution in [0.2, 0.25) is 0 Å². The van der Waals surface area contributed by atoms with Gasteiger partial charge in [0.2, 0.25) is 5.91 Å². The van der Waals surface area contributed by atoms with Gasteiger partial charge in [-0.1, -0.05) is 18.2 Å². The summed E-state index contributed by atoms with van der Waals surface area (Å²) >= 11 is 0. The molecule has 0 saturated carbocycles. The number of para-hydroxylation sites is 1. The van der Waals surface area contributed by atoms with Crippen LogP contribution >= 0.6 is 0 Å². The fraction of sp³-hybridized carbons (Fsp3) is 0.0800. The van der Waals surface area contributed by atoms with E-state index in [1.165, 1.54) is 48.3 Å². The zero-order valence-electron chi connectivity index (χ0n) is 17.2. The van der Waals surface area contributed by atoms with Crippen molar-refractivity contribution in [1.29, 1.82) is 0 Å². The van der Waals surface area contributed by atoms with Gasteiger partial charge in [0.25, 0.3) is 5.91 Å². The molecule has 0 aliphatic heterocycles. The SMILES string of the molecule is CN(CC(=O)Nc1ccc(F)cc1)C(=O)c1cc(-c2ccc(F)cc2)nc2ccccc12. The molecule has 3 aromatic carbocycles. The van der Waals surface area contributed by atoms with Crippen molar-refractivity contribution in [2.24, 2.45) is 0 Å². The topological polar surface area (TPSA) is 62.3 Å². The Balaban J connectivity index is 1.61. The zero-order valence-corrected chi connectivity index (χ0v) is 17.2. The summed E-state index contributed by atoms with van der Waals surface area (Å²) in [6.45, 7) is -0.196. The third-order valence-corrected chi connectivity index (χ3v) is 4.94. The van der Waals surface area contributed by atoms with E-state index in [4.69, 9.17) is 0 Å². The number of amides is 2. The van der Waals surface area contributed by atoms with Crippen LogP contribution in [0.5, 0.6) is 0 Å². The molecule has 2 amide bonds. The lowest BCUT2D eigenvalue weighted by atomic mass is 10.0. The number of fused-ring (bicyclic) bond motifs is 1. The van der Waals surface area contributed by atoms with E-state index in [0.717, 1.165) is 0 Å². The standard InChI is InChI=1S/C25H19F2N3O2/c1-30(15-24(31)28-19-12-10-18(27)11-13-19)25(32)21-14-23(16-6-8-17(26)9-7-16)29-22-5-3-2-4-20(21)22/h2-14H,15H2,1H3,(H,28,31). The van der Waals surface area contributed by atoms with Crippen molar-refractivity contribution in [3.8, 4) is 11.3 Å². The number of aromatic nitrogens is 1. The third-order valence-electron chi connectivity index (χ3n) is 4.94. The van der Waals surface area contributed by atoms with Crippen molar-refractivity contribution in [2.45, 2.75) is 0 Å². The second kappa shape index (κ2) is 8.93. The summed E-state index contributed by atoms with van der Waals surface area (Å²) in [5, 5.41) is 3.29. The van der Waals surface area contributed by atoms with Gasteiger partial charge in [0.05, 0.1) is 23.3 Å². The predicted molar refractivity (Wildman–Crippen MR) is 119 cm³/mol. The lowest BCUT2D eigenvalue weighted by Gasteiger charge is -2.18. The minimum absolute atomic E-state index is 0.196. The van der Waals surface area contributed by atoms with Crippen LogP contribution < -0.4 is 5.32 Å². The fourth-order valence-corrected chi connectivity index (χ4v) is 3.35. The largest absolute Gasteiger partial charge is 0.332 e. The van der Waals surface area contributed by atoms with Gasteiger partial charge in [-0.05, 0) is 60.7 Å². The van der Waals surface area contributed by atoms with Crippen molar-refractivity contribution in [3.63, 3.8) is 0 Å². The molecule has 0 fully saturated rings. The molecule has 1 N–H and O–H groups in total. The summed E-state index contributed by atoms with van der Waals surface area (Å²) in [5.41, 5.74) is 2.62. The van der Waals surface area contributed by atoms with Crippen LogP contribution in [-0.2, 0) is 4.79 Å². The number of hydrogen-bond donors (Lipinski definition) is 1. The molecule has 0 spiro atoms. The van der Waals surface area contributed by atoms with Crippen LogP contribution in [-0.4, -0.2) is 35.3 Å². The molecule has 32 heavy (non-hydrogen) atoms. The van der Waals surface area contributed by atoms with Crippen molar-refractivity contribution in [3.05, 3.63) is 96.1 Å². The summed E-state index contributed by atoms with van der Waals surface area (Å²) in [6, 6.07) is 20.1. The van der Waals surface area contributed by atoms with Crippen molar-refractivity contribution >= 4 is 28.4 Å². The van der Waals surface area contributed by atoms with Gasteiger partial charge in [0, 0.05) is 23.7 Å². The molecule has 4 aromatic rings. The number of nitrogens with one attached hydrogen (secondary N) is 1. The quantitative estimate of drug-likeness (QED) is 0.489. The van der Waals surface area contributed by atoms with Crippen LogP contribution in [0.1, 0.15) is 10.4 Å². The Kier molecular flexibility index (Phi) is 5.89. The number of halogens is 2. The fourth-order valence-electron chi connectivity index (χ4n) is 3.35. The summed E-state index contributed by atoms with van der Waals surface area (Å²) in [4.78, 5) is 31.5. The molecule has 0 radical (unpaired) electrons. The molecular weight excluding hydrogens is 412 g/mol.